The molecule has 31 heavy (non-hydrogen) atoms. The topological polar surface area (TPSA) is 132 Å². The lowest BCUT2D eigenvalue weighted by molar-refractivity contribution is 0.0962. The van der Waals surface area contributed by atoms with Crippen LogP contribution in [0.4, 0.5) is 27.8 Å². The van der Waals surface area contributed by atoms with Crippen molar-refractivity contribution in [2.75, 3.05) is 36.7 Å². The second kappa shape index (κ2) is 7.98. The number of nitrogens with one attached hydrogen (secondary N) is 2. The number of benzene rings is 2. The third-order valence-electron chi connectivity index (χ3n) is 5.02. The summed E-state index contributed by atoms with van der Waals surface area (Å²) in [6, 6.07) is 8.38. The number of aromatic nitrogens is 2. The van der Waals surface area contributed by atoms with E-state index in [2.05, 4.69) is 20.6 Å². The fourth-order valence-electron chi connectivity index (χ4n) is 3.42. The molecule has 3 aromatic rings. The summed E-state index contributed by atoms with van der Waals surface area (Å²) in [5.74, 6) is 0.559. The van der Waals surface area contributed by atoms with Gasteiger partial charge in [0.2, 0.25) is 5.95 Å². The Morgan fingerprint density at radius 2 is 2.13 bits per heavy atom. The normalized spacial score (nSPS) is 15.6. The highest BCUT2D eigenvalue weighted by Crippen LogP contribution is 2.32. The van der Waals surface area contributed by atoms with Crippen LogP contribution in [0.5, 0.6) is 5.75 Å². The van der Waals surface area contributed by atoms with Gasteiger partial charge in [-0.2, -0.15) is 0 Å². The minimum Gasteiger partial charge on any atom is -0.495 e. The number of cyclic esters (lactones) is 1. The minimum absolute atomic E-state index is 0.105. The van der Waals surface area contributed by atoms with Crippen LogP contribution < -0.4 is 26.0 Å². The zero-order chi connectivity index (χ0) is 22.1. The summed E-state index contributed by atoms with van der Waals surface area (Å²) >= 11 is 0. The van der Waals surface area contributed by atoms with Crippen LogP contribution in [0.1, 0.15) is 17.3 Å². The number of nitrogen functional groups attached to an aromatic ring is 1. The first kappa shape index (κ1) is 20.2. The van der Waals surface area contributed by atoms with Crippen LogP contribution in [0.2, 0.25) is 0 Å². The number of carbonyl (C=O) groups is 2. The molecule has 10 heteroatoms. The van der Waals surface area contributed by atoms with Crippen LogP contribution in [0.3, 0.4) is 0 Å². The smallest absolute Gasteiger partial charge is 0.414 e. The number of rotatable bonds is 5. The van der Waals surface area contributed by atoms with Crippen LogP contribution in [0, 0.1) is 0 Å². The molecule has 1 fully saturated rings. The lowest BCUT2D eigenvalue weighted by Gasteiger charge is -2.19. The maximum absolute atomic E-state index is 12.1. The molecular weight excluding hydrogens is 400 g/mol. The van der Waals surface area contributed by atoms with Gasteiger partial charge in [-0.1, -0.05) is 0 Å². The lowest BCUT2D eigenvalue weighted by atomic mass is 10.1. The SMILES string of the molecule is CNC(=O)c1ccc(Nc2ncc3c(N)cc(N4C(=O)OC[C@@H]4C)cc3n2)c(OC)c1. The highest BCUT2D eigenvalue weighted by molar-refractivity contribution is 5.98. The Labute approximate surface area is 178 Å². The van der Waals surface area contributed by atoms with Gasteiger partial charge in [-0.15, -0.1) is 0 Å². The van der Waals surface area contributed by atoms with E-state index in [4.69, 9.17) is 15.2 Å². The second-order valence-electron chi connectivity index (χ2n) is 7.08. The molecule has 160 valence electrons. The van der Waals surface area contributed by atoms with E-state index in [1.807, 2.05) is 6.92 Å². The van der Waals surface area contributed by atoms with Crippen molar-refractivity contribution < 1.29 is 19.1 Å². The molecule has 2 amide bonds. The van der Waals surface area contributed by atoms with Gasteiger partial charge in [-0.05, 0) is 37.3 Å². The number of carbonyl (C=O) groups excluding carboxylic acids is 2. The number of fused-ring (bicyclic) bond motifs is 1. The van der Waals surface area contributed by atoms with E-state index < -0.39 is 6.09 Å². The van der Waals surface area contributed by atoms with Crippen molar-refractivity contribution >= 4 is 45.9 Å². The highest BCUT2D eigenvalue weighted by atomic mass is 16.6. The van der Waals surface area contributed by atoms with Crippen molar-refractivity contribution in [2.45, 2.75) is 13.0 Å². The Hall–Kier alpha value is -4.08. The maximum atomic E-state index is 12.1. The summed E-state index contributed by atoms with van der Waals surface area (Å²) in [4.78, 5) is 34.4. The first-order valence-corrected chi connectivity index (χ1v) is 9.60. The summed E-state index contributed by atoms with van der Waals surface area (Å²) in [5, 5.41) is 6.34. The van der Waals surface area contributed by atoms with E-state index in [1.54, 1.807) is 48.5 Å². The number of hydrogen-bond donors (Lipinski definition) is 3. The van der Waals surface area contributed by atoms with Gasteiger partial charge in [-0.3, -0.25) is 9.69 Å². The number of nitrogens with two attached hydrogens (primary N) is 1. The van der Waals surface area contributed by atoms with Crippen molar-refractivity contribution in [3.8, 4) is 5.75 Å². The first-order valence-electron chi connectivity index (χ1n) is 9.60. The van der Waals surface area contributed by atoms with E-state index in [9.17, 15) is 9.59 Å². The van der Waals surface area contributed by atoms with Crippen molar-refractivity contribution in [1.29, 1.82) is 0 Å². The summed E-state index contributed by atoms with van der Waals surface area (Å²) in [7, 11) is 3.07. The molecular formula is C21H22N6O4. The molecule has 0 saturated carbocycles. The zero-order valence-electron chi connectivity index (χ0n) is 17.3. The average Bonchev–Trinajstić information content (AvgIpc) is 3.11. The van der Waals surface area contributed by atoms with Crippen LogP contribution >= 0.6 is 0 Å². The standard InChI is InChI=1S/C21H22N6O4/c1-11-10-31-21(29)27(11)13-7-15(22)14-9-24-20(26-17(14)8-13)25-16-5-4-12(19(28)23-2)6-18(16)30-3/h4-9,11H,10,22H2,1-3H3,(H,23,28)(H,24,25,26)/t11-/m0/s1. The van der Waals surface area contributed by atoms with E-state index >= 15 is 0 Å². The van der Waals surface area contributed by atoms with Gasteiger partial charge in [0, 0.05) is 29.9 Å². The Bertz CT molecular complexity index is 1180. The molecule has 0 aliphatic carbocycles. The molecule has 2 heterocycles. The number of methoxy groups -OCH3 is 1. The van der Waals surface area contributed by atoms with Crippen LogP contribution in [-0.4, -0.2) is 48.8 Å². The predicted molar refractivity (Wildman–Crippen MR) is 117 cm³/mol. The van der Waals surface area contributed by atoms with E-state index in [1.165, 1.54) is 7.11 Å². The average molecular weight is 422 g/mol. The molecule has 0 spiro atoms. The first-order chi connectivity index (χ1) is 14.9. The van der Waals surface area contributed by atoms with Crippen LogP contribution in [-0.2, 0) is 4.74 Å². The molecule has 1 atom stereocenters. The van der Waals surface area contributed by atoms with Gasteiger partial charge in [0.25, 0.3) is 5.91 Å². The molecule has 2 aromatic carbocycles. The largest absolute Gasteiger partial charge is 0.495 e. The Morgan fingerprint density at radius 1 is 1.32 bits per heavy atom. The van der Waals surface area contributed by atoms with Crippen LogP contribution in [0.15, 0.2) is 36.5 Å². The molecule has 1 aromatic heterocycles. The van der Waals surface area contributed by atoms with Crippen LogP contribution in [0.25, 0.3) is 10.9 Å². The number of amides is 2. The molecule has 4 N–H and O–H groups in total. The molecule has 1 aliphatic rings. The van der Waals surface area contributed by atoms with Gasteiger partial charge < -0.3 is 25.8 Å². The minimum atomic E-state index is -0.417. The monoisotopic (exact) mass is 422 g/mol. The van der Waals surface area contributed by atoms with Crippen molar-refractivity contribution in [3.63, 3.8) is 0 Å². The predicted octanol–water partition coefficient (Wildman–Crippen LogP) is 2.67. The van der Waals surface area contributed by atoms with Gasteiger partial charge in [0.1, 0.15) is 12.4 Å². The zero-order valence-corrected chi connectivity index (χ0v) is 17.3. The molecule has 0 unspecified atom stereocenters. The van der Waals surface area contributed by atoms with Gasteiger partial charge in [0.15, 0.2) is 0 Å². The summed E-state index contributed by atoms with van der Waals surface area (Å²) < 4.78 is 10.5. The fraction of sp³-hybridized carbons (Fsp3) is 0.238. The van der Waals surface area contributed by atoms with Gasteiger partial charge in [-0.25, -0.2) is 14.8 Å². The lowest BCUT2D eigenvalue weighted by Crippen LogP contribution is -2.30. The molecule has 0 radical (unpaired) electrons. The Morgan fingerprint density at radius 3 is 2.81 bits per heavy atom. The van der Waals surface area contributed by atoms with Crippen molar-refractivity contribution in [2.24, 2.45) is 0 Å². The Kier molecular flexibility index (Phi) is 5.20. The number of anilines is 4. The van der Waals surface area contributed by atoms with E-state index in [0.717, 1.165) is 0 Å². The summed E-state index contributed by atoms with van der Waals surface area (Å²) in [6.45, 7) is 2.21. The molecule has 10 nitrogen and oxygen atoms in total. The molecule has 0 bridgehead atoms. The second-order valence-corrected chi connectivity index (χ2v) is 7.08. The molecule has 1 aliphatic heterocycles. The Balaban J connectivity index is 1.69. The molecule has 1 saturated heterocycles. The quantitative estimate of drug-likeness (QED) is 0.535. The van der Waals surface area contributed by atoms with Gasteiger partial charge >= 0.3 is 6.09 Å². The fourth-order valence-corrected chi connectivity index (χ4v) is 3.42. The van der Waals surface area contributed by atoms with Crippen molar-refractivity contribution in [1.82, 2.24) is 15.3 Å². The maximum Gasteiger partial charge on any atom is 0.414 e. The summed E-state index contributed by atoms with van der Waals surface area (Å²) in [6.07, 6.45) is 1.19. The number of ether oxygens (including phenoxy) is 2. The summed E-state index contributed by atoms with van der Waals surface area (Å²) in [5.41, 5.74) is 8.88. The molecule has 4 rings (SSSR count). The van der Waals surface area contributed by atoms with E-state index in [0.29, 0.717) is 51.8 Å². The van der Waals surface area contributed by atoms with Gasteiger partial charge in [0.05, 0.1) is 30.0 Å². The third-order valence-corrected chi connectivity index (χ3v) is 5.02. The van der Waals surface area contributed by atoms with E-state index in [-0.39, 0.29) is 11.9 Å². The highest BCUT2D eigenvalue weighted by Gasteiger charge is 2.31. The van der Waals surface area contributed by atoms with Crippen molar-refractivity contribution in [3.05, 3.63) is 42.1 Å². The third kappa shape index (κ3) is 3.75. The number of hydrogen-bond acceptors (Lipinski definition) is 8. The number of nitrogens with zero attached hydrogens (tertiary/aromatic N) is 3.